The van der Waals surface area contributed by atoms with Crippen molar-refractivity contribution in [3.63, 3.8) is 0 Å². The number of hydrogen-bond acceptors (Lipinski definition) is 6. The quantitative estimate of drug-likeness (QED) is 0.638. The minimum absolute atomic E-state index is 0.238. The van der Waals surface area contributed by atoms with Crippen LogP contribution >= 0.6 is 11.3 Å². The first-order chi connectivity index (χ1) is 9.15. The summed E-state index contributed by atoms with van der Waals surface area (Å²) in [5.41, 5.74) is 1.31. The molecule has 2 heterocycles. The third kappa shape index (κ3) is 2.74. The third-order valence-electron chi connectivity index (χ3n) is 2.24. The van der Waals surface area contributed by atoms with Gasteiger partial charge in [0, 0.05) is 11.8 Å². The van der Waals surface area contributed by atoms with Crippen molar-refractivity contribution in [2.45, 2.75) is 6.92 Å². The number of oxime groups is 1. The zero-order valence-corrected chi connectivity index (χ0v) is 11.0. The zero-order valence-electron chi connectivity index (χ0n) is 10.2. The van der Waals surface area contributed by atoms with Crippen LogP contribution < -0.4 is 0 Å². The van der Waals surface area contributed by atoms with Crippen molar-refractivity contribution in [1.82, 2.24) is 9.97 Å². The van der Waals surface area contributed by atoms with Crippen molar-refractivity contribution in [3.8, 4) is 16.6 Å². The van der Waals surface area contributed by atoms with Crippen LogP contribution in [-0.2, 0) is 4.84 Å². The normalized spacial score (nSPS) is 11.2. The highest BCUT2D eigenvalue weighted by Gasteiger charge is 2.15. The van der Waals surface area contributed by atoms with E-state index in [0.29, 0.717) is 21.2 Å². The van der Waals surface area contributed by atoms with Gasteiger partial charge in [0.15, 0.2) is 5.69 Å². The first-order valence-corrected chi connectivity index (χ1v) is 6.07. The summed E-state index contributed by atoms with van der Waals surface area (Å²) in [6, 6.07) is 3.31. The number of thiazole rings is 1. The van der Waals surface area contributed by atoms with Gasteiger partial charge in [0.1, 0.15) is 24.0 Å². The summed E-state index contributed by atoms with van der Waals surface area (Å²) >= 11 is 1.24. The molecule has 0 aromatic carbocycles. The average Bonchev–Trinajstić information content (AvgIpc) is 2.83. The fourth-order valence-corrected chi connectivity index (χ4v) is 2.40. The van der Waals surface area contributed by atoms with Crippen LogP contribution in [0.4, 0.5) is 4.39 Å². The second-order valence-corrected chi connectivity index (χ2v) is 4.56. The summed E-state index contributed by atoms with van der Waals surface area (Å²) in [7, 11) is 1.42. The van der Waals surface area contributed by atoms with Crippen molar-refractivity contribution in [3.05, 3.63) is 34.8 Å². The van der Waals surface area contributed by atoms with Crippen molar-refractivity contribution < 1.29 is 9.23 Å². The molecule has 2 aromatic heterocycles. The Bertz CT molecular complexity index is 675. The van der Waals surface area contributed by atoms with Crippen LogP contribution in [0, 0.1) is 17.1 Å². The Hall–Kier alpha value is -2.33. The topological polar surface area (TPSA) is 71.2 Å². The number of nitrogens with zero attached hydrogens (tertiary/aromatic N) is 4. The van der Waals surface area contributed by atoms with Crippen LogP contribution in [0.15, 0.2) is 23.6 Å². The maximum Gasteiger partial charge on any atom is 0.161 e. The monoisotopic (exact) mass is 276 g/mol. The number of hydrogen-bond donors (Lipinski definition) is 0. The highest BCUT2D eigenvalue weighted by Crippen LogP contribution is 2.28. The molecule has 0 aliphatic carbocycles. The SMILES string of the molecule is CO/N=C(\C)c1sc(-c2cncc(F)c2)nc1C#N. The number of pyridine rings is 1. The van der Waals surface area contributed by atoms with Gasteiger partial charge in [-0.3, -0.25) is 4.98 Å². The van der Waals surface area contributed by atoms with Crippen LogP contribution in [0.2, 0.25) is 0 Å². The van der Waals surface area contributed by atoms with Crippen LogP contribution in [0.1, 0.15) is 17.5 Å². The van der Waals surface area contributed by atoms with Crippen LogP contribution in [-0.4, -0.2) is 22.8 Å². The molecule has 0 saturated carbocycles. The van der Waals surface area contributed by atoms with Gasteiger partial charge in [0.2, 0.25) is 0 Å². The van der Waals surface area contributed by atoms with Gasteiger partial charge in [-0.05, 0) is 13.0 Å². The summed E-state index contributed by atoms with van der Waals surface area (Å²) in [5, 5.41) is 13.4. The maximum absolute atomic E-state index is 13.1. The van der Waals surface area contributed by atoms with Crippen molar-refractivity contribution in [2.24, 2.45) is 5.16 Å². The Labute approximate surface area is 113 Å². The molecular weight excluding hydrogens is 267 g/mol. The van der Waals surface area contributed by atoms with Gasteiger partial charge in [0.25, 0.3) is 0 Å². The molecule has 0 bridgehead atoms. The average molecular weight is 276 g/mol. The molecule has 19 heavy (non-hydrogen) atoms. The lowest BCUT2D eigenvalue weighted by Crippen LogP contribution is -1.94. The molecule has 0 aliphatic heterocycles. The summed E-state index contributed by atoms with van der Waals surface area (Å²) in [5.74, 6) is -0.449. The van der Waals surface area contributed by atoms with Gasteiger partial charge in [0.05, 0.1) is 16.8 Å². The number of nitriles is 1. The third-order valence-corrected chi connectivity index (χ3v) is 3.45. The molecular formula is C12H9FN4OS. The fraction of sp³-hybridized carbons (Fsp3) is 0.167. The Morgan fingerprint density at radius 1 is 1.53 bits per heavy atom. The molecule has 5 nitrogen and oxygen atoms in total. The first kappa shape index (κ1) is 13.1. The Morgan fingerprint density at radius 2 is 2.32 bits per heavy atom. The lowest BCUT2D eigenvalue weighted by Gasteiger charge is -1.95. The van der Waals surface area contributed by atoms with E-state index in [1.54, 1.807) is 6.92 Å². The zero-order chi connectivity index (χ0) is 13.8. The number of halogens is 1. The van der Waals surface area contributed by atoms with E-state index in [1.807, 2.05) is 6.07 Å². The Kier molecular flexibility index (Phi) is 3.82. The Balaban J connectivity index is 2.51. The minimum atomic E-state index is -0.449. The molecule has 0 N–H and O–H groups in total. The summed E-state index contributed by atoms with van der Waals surface area (Å²) in [4.78, 5) is 13.2. The molecule has 0 atom stereocenters. The Morgan fingerprint density at radius 3 is 2.95 bits per heavy atom. The molecule has 0 spiro atoms. The van der Waals surface area contributed by atoms with Gasteiger partial charge < -0.3 is 4.84 Å². The molecule has 2 aromatic rings. The lowest BCUT2D eigenvalue weighted by atomic mass is 10.3. The molecule has 0 unspecified atom stereocenters. The highest BCUT2D eigenvalue weighted by molar-refractivity contribution is 7.17. The van der Waals surface area contributed by atoms with Gasteiger partial charge in [-0.25, -0.2) is 9.37 Å². The van der Waals surface area contributed by atoms with Crippen molar-refractivity contribution >= 4 is 17.0 Å². The predicted octanol–water partition coefficient (Wildman–Crippen LogP) is 2.59. The summed E-state index contributed by atoms with van der Waals surface area (Å²) in [6.45, 7) is 1.71. The number of rotatable bonds is 3. The van der Waals surface area contributed by atoms with E-state index in [2.05, 4.69) is 20.0 Å². The molecule has 0 aliphatic rings. The van der Waals surface area contributed by atoms with Gasteiger partial charge >= 0.3 is 0 Å². The van der Waals surface area contributed by atoms with Gasteiger partial charge in [-0.2, -0.15) is 5.26 Å². The molecule has 2 rings (SSSR count). The molecule has 0 saturated heterocycles. The van der Waals surface area contributed by atoms with Crippen LogP contribution in [0.25, 0.3) is 10.6 Å². The summed E-state index contributed by atoms with van der Waals surface area (Å²) < 4.78 is 13.1. The molecule has 96 valence electrons. The van der Waals surface area contributed by atoms with E-state index < -0.39 is 5.82 Å². The van der Waals surface area contributed by atoms with E-state index in [9.17, 15) is 4.39 Å². The van der Waals surface area contributed by atoms with Crippen LogP contribution in [0.5, 0.6) is 0 Å². The van der Waals surface area contributed by atoms with E-state index >= 15 is 0 Å². The van der Waals surface area contributed by atoms with Gasteiger partial charge in [-0.15, -0.1) is 11.3 Å². The molecule has 0 amide bonds. The standard InChI is InChI=1S/C12H9FN4OS/c1-7(17-18-2)11-10(4-14)16-12(19-11)8-3-9(13)6-15-5-8/h3,5-6H,1-2H3/b17-7+. The highest BCUT2D eigenvalue weighted by atomic mass is 32.1. The van der Waals surface area contributed by atoms with E-state index in [-0.39, 0.29) is 5.69 Å². The molecule has 0 radical (unpaired) electrons. The first-order valence-electron chi connectivity index (χ1n) is 5.25. The molecule has 0 fully saturated rings. The van der Waals surface area contributed by atoms with E-state index in [0.717, 1.165) is 6.20 Å². The largest absolute Gasteiger partial charge is 0.399 e. The minimum Gasteiger partial charge on any atom is -0.399 e. The predicted molar refractivity (Wildman–Crippen MR) is 69.2 cm³/mol. The fourth-order valence-electron chi connectivity index (χ4n) is 1.47. The smallest absolute Gasteiger partial charge is 0.161 e. The lowest BCUT2D eigenvalue weighted by molar-refractivity contribution is 0.213. The second kappa shape index (κ2) is 5.54. The van der Waals surface area contributed by atoms with Gasteiger partial charge in [-0.1, -0.05) is 5.16 Å². The van der Waals surface area contributed by atoms with E-state index in [4.69, 9.17) is 5.26 Å². The maximum atomic E-state index is 13.1. The van der Waals surface area contributed by atoms with Crippen molar-refractivity contribution in [1.29, 1.82) is 5.26 Å². The van der Waals surface area contributed by atoms with Crippen LogP contribution in [0.3, 0.4) is 0 Å². The second-order valence-electron chi connectivity index (χ2n) is 3.56. The molecule has 7 heteroatoms. The van der Waals surface area contributed by atoms with E-state index in [1.165, 1.54) is 30.7 Å². The van der Waals surface area contributed by atoms with Crippen molar-refractivity contribution in [2.75, 3.05) is 7.11 Å². The number of aromatic nitrogens is 2. The summed E-state index contributed by atoms with van der Waals surface area (Å²) in [6.07, 6.45) is 2.61.